The summed E-state index contributed by atoms with van der Waals surface area (Å²) in [5.41, 5.74) is 1.07. The number of carbonyl (C=O) groups is 1. The van der Waals surface area contributed by atoms with Crippen LogP contribution >= 0.6 is 23.1 Å². The third-order valence-corrected chi connectivity index (χ3v) is 6.16. The molecule has 2 aromatic heterocycles. The maximum Gasteiger partial charge on any atom is 0.313 e. The summed E-state index contributed by atoms with van der Waals surface area (Å²) in [6.45, 7) is 6.23. The lowest BCUT2D eigenvalue weighted by molar-refractivity contribution is -0.133. The topological polar surface area (TPSA) is 72.2 Å². The molecule has 1 aliphatic rings. The molecule has 0 bridgehead atoms. The number of fused-ring (bicyclic) bond motifs is 3. The van der Waals surface area contributed by atoms with E-state index in [-0.39, 0.29) is 11.3 Å². The molecule has 0 radical (unpaired) electrons. The van der Waals surface area contributed by atoms with Gasteiger partial charge in [0.05, 0.1) is 11.1 Å². The van der Waals surface area contributed by atoms with E-state index in [1.54, 1.807) is 17.4 Å². The maximum absolute atomic E-state index is 12.9. The van der Waals surface area contributed by atoms with Gasteiger partial charge in [-0.15, -0.1) is 17.9 Å². The highest BCUT2D eigenvalue weighted by Crippen LogP contribution is 2.36. The van der Waals surface area contributed by atoms with E-state index in [9.17, 15) is 9.59 Å². The molecule has 0 spiro atoms. The van der Waals surface area contributed by atoms with Crippen molar-refractivity contribution >= 4 is 39.3 Å². The number of aromatic nitrogens is 2. The van der Waals surface area contributed by atoms with Crippen LogP contribution in [0.4, 0.5) is 0 Å². The van der Waals surface area contributed by atoms with Crippen molar-refractivity contribution in [1.29, 1.82) is 0 Å². The number of allylic oxidation sites excluding steroid dienone is 1. The molecule has 0 saturated heterocycles. The number of hydrogen-bond donors (Lipinski definition) is 1. The van der Waals surface area contributed by atoms with Gasteiger partial charge >= 0.3 is 5.97 Å². The van der Waals surface area contributed by atoms with Crippen LogP contribution in [0.3, 0.4) is 0 Å². The van der Waals surface area contributed by atoms with E-state index in [1.165, 1.54) is 9.44 Å². The summed E-state index contributed by atoms with van der Waals surface area (Å²) < 4.78 is 1.54. The quantitative estimate of drug-likeness (QED) is 0.510. The second-order valence-electron chi connectivity index (χ2n) is 5.81. The van der Waals surface area contributed by atoms with E-state index in [0.29, 0.717) is 17.6 Å². The van der Waals surface area contributed by atoms with E-state index >= 15 is 0 Å². The number of thioether (sulfide) groups is 1. The van der Waals surface area contributed by atoms with Gasteiger partial charge in [0.1, 0.15) is 4.83 Å². The molecule has 5 nitrogen and oxygen atoms in total. The largest absolute Gasteiger partial charge is 0.481 e. The fraction of sp³-hybridized carbons (Fsp3) is 0.438. The molecule has 1 aliphatic carbocycles. The summed E-state index contributed by atoms with van der Waals surface area (Å²) in [6.07, 6.45) is 4.69. The predicted molar refractivity (Wildman–Crippen MR) is 93.6 cm³/mol. The summed E-state index contributed by atoms with van der Waals surface area (Å²) in [5.74, 6) is -0.459. The van der Waals surface area contributed by atoms with Crippen LogP contribution in [-0.2, 0) is 24.2 Å². The molecular weight excluding hydrogens is 332 g/mol. The standard InChI is InChI=1S/C16H18N2O3S2/c1-3-6-18-15(21)13-10-7-9(2)4-5-11(10)23-14(13)17-16(18)22-8-12(19)20/h3,9H,1,4-8H2,2H3,(H,19,20)/t9-/m1/s1. The minimum atomic E-state index is -0.922. The molecule has 0 unspecified atom stereocenters. The van der Waals surface area contributed by atoms with Crippen LogP contribution < -0.4 is 5.56 Å². The van der Waals surface area contributed by atoms with Crippen LogP contribution in [0.2, 0.25) is 0 Å². The van der Waals surface area contributed by atoms with Gasteiger partial charge in [-0.3, -0.25) is 14.2 Å². The molecule has 0 fully saturated rings. The summed E-state index contributed by atoms with van der Waals surface area (Å²) in [4.78, 5) is 30.4. The van der Waals surface area contributed by atoms with Gasteiger partial charge in [0, 0.05) is 11.4 Å². The highest BCUT2D eigenvalue weighted by Gasteiger charge is 2.24. The van der Waals surface area contributed by atoms with Crippen molar-refractivity contribution in [2.75, 3.05) is 5.75 Å². The number of hydrogen-bond acceptors (Lipinski definition) is 5. The van der Waals surface area contributed by atoms with Gasteiger partial charge in [0.25, 0.3) is 5.56 Å². The van der Waals surface area contributed by atoms with Crippen LogP contribution in [-0.4, -0.2) is 26.4 Å². The van der Waals surface area contributed by atoms with Gasteiger partial charge < -0.3 is 5.11 Å². The van der Waals surface area contributed by atoms with Crippen LogP contribution in [0, 0.1) is 5.92 Å². The Labute approximate surface area is 142 Å². The van der Waals surface area contributed by atoms with E-state index < -0.39 is 5.97 Å². The molecule has 7 heteroatoms. The van der Waals surface area contributed by atoms with E-state index in [1.807, 2.05) is 0 Å². The molecular formula is C16H18N2O3S2. The molecule has 1 atom stereocenters. The average Bonchev–Trinajstić information content (AvgIpc) is 2.86. The van der Waals surface area contributed by atoms with Crippen molar-refractivity contribution in [2.45, 2.75) is 37.9 Å². The van der Waals surface area contributed by atoms with Gasteiger partial charge in [-0.2, -0.15) is 0 Å². The Kier molecular flexibility index (Phi) is 4.59. The van der Waals surface area contributed by atoms with Crippen LogP contribution in [0.1, 0.15) is 23.8 Å². The van der Waals surface area contributed by atoms with Crippen molar-refractivity contribution < 1.29 is 9.90 Å². The molecule has 3 rings (SSSR count). The molecule has 0 aromatic carbocycles. The predicted octanol–water partition coefficient (Wildman–Crippen LogP) is 2.95. The summed E-state index contributed by atoms with van der Waals surface area (Å²) in [7, 11) is 0. The number of thiophene rings is 1. The number of rotatable bonds is 5. The Morgan fingerprint density at radius 2 is 2.39 bits per heavy atom. The molecule has 2 heterocycles. The molecule has 23 heavy (non-hydrogen) atoms. The number of aryl methyl sites for hydroxylation is 1. The Morgan fingerprint density at radius 3 is 3.09 bits per heavy atom. The lowest BCUT2D eigenvalue weighted by atomic mass is 9.89. The van der Waals surface area contributed by atoms with Crippen molar-refractivity contribution in [3.05, 3.63) is 33.4 Å². The summed E-state index contributed by atoms with van der Waals surface area (Å²) >= 11 is 2.66. The van der Waals surface area contributed by atoms with E-state index in [0.717, 1.165) is 46.8 Å². The van der Waals surface area contributed by atoms with E-state index in [2.05, 4.69) is 18.5 Å². The SMILES string of the molecule is C=CCn1c(SCC(=O)O)nc2sc3c(c2c1=O)C[C@H](C)CC3. The molecule has 1 N–H and O–H groups in total. The van der Waals surface area contributed by atoms with Crippen LogP contribution in [0.25, 0.3) is 10.2 Å². The zero-order valence-corrected chi connectivity index (χ0v) is 14.5. The molecule has 0 saturated carbocycles. The Bertz CT molecular complexity index is 838. The van der Waals surface area contributed by atoms with Crippen LogP contribution in [0.15, 0.2) is 22.6 Å². The van der Waals surface area contributed by atoms with Gasteiger partial charge in [0.15, 0.2) is 5.16 Å². The Hall–Kier alpha value is -1.60. The first-order valence-electron chi connectivity index (χ1n) is 7.51. The number of carboxylic acid groups (broad SMARTS) is 1. The van der Waals surface area contributed by atoms with Crippen molar-refractivity contribution in [2.24, 2.45) is 5.92 Å². The van der Waals surface area contributed by atoms with Gasteiger partial charge in [0.2, 0.25) is 0 Å². The average molecular weight is 350 g/mol. The van der Waals surface area contributed by atoms with Gasteiger partial charge in [-0.25, -0.2) is 4.98 Å². The minimum Gasteiger partial charge on any atom is -0.481 e. The molecule has 122 valence electrons. The van der Waals surface area contributed by atoms with Crippen molar-refractivity contribution in [3.8, 4) is 0 Å². The monoisotopic (exact) mass is 350 g/mol. The lowest BCUT2D eigenvalue weighted by Crippen LogP contribution is -2.24. The Morgan fingerprint density at radius 1 is 1.61 bits per heavy atom. The third kappa shape index (κ3) is 3.07. The second-order valence-corrected chi connectivity index (χ2v) is 7.84. The number of nitrogens with zero attached hydrogens (tertiary/aromatic N) is 2. The first-order valence-corrected chi connectivity index (χ1v) is 9.32. The van der Waals surface area contributed by atoms with Crippen molar-refractivity contribution in [1.82, 2.24) is 9.55 Å². The second kappa shape index (κ2) is 6.49. The zero-order valence-electron chi connectivity index (χ0n) is 12.9. The van der Waals surface area contributed by atoms with Crippen LogP contribution in [0.5, 0.6) is 0 Å². The fourth-order valence-electron chi connectivity index (χ4n) is 2.94. The highest BCUT2D eigenvalue weighted by atomic mass is 32.2. The van der Waals surface area contributed by atoms with Crippen molar-refractivity contribution in [3.63, 3.8) is 0 Å². The fourth-order valence-corrected chi connectivity index (χ4v) is 4.92. The molecule has 0 amide bonds. The van der Waals surface area contributed by atoms with Gasteiger partial charge in [-0.05, 0) is 30.7 Å². The molecule has 0 aliphatic heterocycles. The van der Waals surface area contributed by atoms with E-state index in [4.69, 9.17) is 5.11 Å². The summed E-state index contributed by atoms with van der Waals surface area (Å²) in [5, 5.41) is 10.1. The normalized spacial score (nSPS) is 17.2. The Balaban J connectivity index is 2.18. The van der Waals surface area contributed by atoms with Gasteiger partial charge in [-0.1, -0.05) is 24.8 Å². The number of carboxylic acids is 1. The zero-order chi connectivity index (χ0) is 16.6. The number of aliphatic carboxylic acids is 1. The first-order chi connectivity index (χ1) is 11.0. The maximum atomic E-state index is 12.9. The smallest absolute Gasteiger partial charge is 0.313 e. The molecule has 2 aromatic rings. The summed E-state index contributed by atoms with van der Waals surface area (Å²) in [6, 6.07) is 0. The highest BCUT2D eigenvalue weighted by molar-refractivity contribution is 7.99. The first kappa shape index (κ1) is 16.3. The lowest BCUT2D eigenvalue weighted by Gasteiger charge is -2.18. The minimum absolute atomic E-state index is 0.0746. The third-order valence-electron chi connectivity index (χ3n) is 4.01.